The summed E-state index contributed by atoms with van der Waals surface area (Å²) >= 11 is 12.2. The van der Waals surface area contributed by atoms with Crippen LogP contribution >= 0.6 is 23.2 Å². The lowest BCUT2D eigenvalue weighted by molar-refractivity contribution is 0.0953. The predicted octanol–water partition coefficient (Wildman–Crippen LogP) is 5.93. The first kappa shape index (κ1) is 22.1. The van der Waals surface area contributed by atoms with Crippen molar-refractivity contribution in [1.29, 1.82) is 0 Å². The first-order chi connectivity index (χ1) is 15.3. The maximum Gasteiger partial charge on any atom is 0.291 e. The molecule has 3 aromatic rings. The fourth-order valence-corrected chi connectivity index (χ4v) is 4.01. The average Bonchev–Trinajstić information content (AvgIpc) is 3.13. The molecule has 0 saturated heterocycles. The maximum absolute atomic E-state index is 12.9. The van der Waals surface area contributed by atoms with Crippen molar-refractivity contribution in [3.05, 3.63) is 86.3 Å². The van der Waals surface area contributed by atoms with Gasteiger partial charge in [0.15, 0.2) is 5.76 Å². The number of aryl methyl sites for hydroxylation is 2. The van der Waals surface area contributed by atoms with Crippen LogP contribution in [-0.4, -0.2) is 17.5 Å². The SMILES string of the molecule is Cc1ccc(C(=O)N/N=C2\CCCc3oc(C(=O)Nc4cccc(Cl)c4Cl)c(C)c32)cc1. The summed E-state index contributed by atoms with van der Waals surface area (Å²) in [7, 11) is 0. The number of halogens is 2. The van der Waals surface area contributed by atoms with Gasteiger partial charge in [0.05, 0.1) is 21.4 Å². The number of benzene rings is 2. The van der Waals surface area contributed by atoms with Gasteiger partial charge < -0.3 is 9.73 Å². The molecule has 2 N–H and O–H groups in total. The quantitative estimate of drug-likeness (QED) is 0.464. The molecule has 0 unspecified atom stereocenters. The van der Waals surface area contributed by atoms with Gasteiger partial charge in [-0.3, -0.25) is 9.59 Å². The van der Waals surface area contributed by atoms with Gasteiger partial charge in [0.2, 0.25) is 0 Å². The van der Waals surface area contributed by atoms with E-state index in [-0.39, 0.29) is 16.7 Å². The molecular weight excluding hydrogens is 449 g/mol. The lowest BCUT2D eigenvalue weighted by Gasteiger charge is -2.13. The molecule has 1 aliphatic rings. The van der Waals surface area contributed by atoms with Crippen molar-refractivity contribution in [2.45, 2.75) is 33.1 Å². The van der Waals surface area contributed by atoms with Crippen molar-refractivity contribution >= 4 is 46.4 Å². The van der Waals surface area contributed by atoms with Gasteiger partial charge in [0.25, 0.3) is 11.8 Å². The molecule has 0 aliphatic heterocycles. The molecule has 32 heavy (non-hydrogen) atoms. The van der Waals surface area contributed by atoms with Crippen molar-refractivity contribution in [3.63, 3.8) is 0 Å². The van der Waals surface area contributed by atoms with Gasteiger partial charge in [0, 0.05) is 23.1 Å². The third-order valence-corrected chi connectivity index (χ3v) is 6.16. The zero-order valence-electron chi connectivity index (χ0n) is 17.6. The molecule has 8 heteroatoms. The number of hydrogen-bond donors (Lipinski definition) is 2. The van der Waals surface area contributed by atoms with Crippen LogP contribution in [0.3, 0.4) is 0 Å². The van der Waals surface area contributed by atoms with Gasteiger partial charge in [-0.15, -0.1) is 0 Å². The Morgan fingerprint density at radius 3 is 2.50 bits per heavy atom. The van der Waals surface area contributed by atoms with E-state index >= 15 is 0 Å². The number of anilines is 1. The second-order valence-electron chi connectivity index (χ2n) is 7.63. The smallest absolute Gasteiger partial charge is 0.291 e. The zero-order valence-corrected chi connectivity index (χ0v) is 19.1. The van der Waals surface area contributed by atoms with Crippen molar-refractivity contribution in [2.75, 3.05) is 5.32 Å². The van der Waals surface area contributed by atoms with Gasteiger partial charge >= 0.3 is 0 Å². The van der Waals surface area contributed by atoms with Crippen LogP contribution in [0.2, 0.25) is 10.0 Å². The normalized spacial score (nSPS) is 14.2. The van der Waals surface area contributed by atoms with E-state index in [0.717, 1.165) is 17.5 Å². The summed E-state index contributed by atoms with van der Waals surface area (Å²) in [5.74, 6) is 0.147. The summed E-state index contributed by atoms with van der Waals surface area (Å²) in [6, 6.07) is 12.3. The molecule has 0 atom stereocenters. The Labute approximate surface area is 195 Å². The summed E-state index contributed by atoms with van der Waals surface area (Å²) in [6.07, 6.45) is 2.16. The molecule has 0 radical (unpaired) electrons. The zero-order chi connectivity index (χ0) is 22.8. The van der Waals surface area contributed by atoms with Crippen LogP contribution < -0.4 is 10.7 Å². The first-order valence-corrected chi connectivity index (χ1v) is 10.9. The fraction of sp³-hybridized carbons (Fsp3) is 0.208. The van der Waals surface area contributed by atoms with Gasteiger partial charge in [-0.05, 0) is 51.0 Å². The molecule has 1 heterocycles. The Morgan fingerprint density at radius 2 is 1.75 bits per heavy atom. The summed E-state index contributed by atoms with van der Waals surface area (Å²) in [6.45, 7) is 3.76. The molecule has 2 aromatic carbocycles. The summed E-state index contributed by atoms with van der Waals surface area (Å²) in [5.41, 5.74) is 6.74. The van der Waals surface area contributed by atoms with Crippen molar-refractivity contribution in [2.24, 2.45) is 5.10 Å². The molecular formula is C24H21Cl2N3O3. The average molecular weight is 470 g/mol. The summed E-state index contributed by atoms with van der Waals surface area (Å²) in [4.78, 5) is 25.3. The number of nitrogens with zero attached hydrogens (tertiary/aromatic N) is 1. The van der Waals surface area contributed by atoms with Crippen LogP contribution in [0.1, 0.15) is 56.2 Å². The number of furan rings is 1. The number of carbonyl (C=O) groups excluding carboxylic acids is 2. The summed E-state index contributed by atoms with van der Waals surface area (Å²) < 4.78 is 5.89. The van der Waals surface area contributed by atoms with E-state index in [1.165, 1.54) is 0 Å². The maximum atomic E-state index is 12.9. The van der Waals surface area contributed by atoms with Gasteiger partial charge in [0.1, 0.15) is 5.76 Å². The molecule has 164 valence electrons. The van der Waals surface area contributed by atoms with Crippen LogP contribution in [0, 0.1) is 13.8 Å². The van der Waals surface area contributed by atoms with Crippen molar-refractivity contribution in [3.8, 4) is 0 Å². The Balaban J connectivity index is 1.57. The van der Waals surface area contributed by atoms with Crippen LogP contribution in [0.15, 0.2) is 52.0 Å². The van der Waals surface area contributed by atoms with Crippen LogP contribution in [0.25, 0.3) is 0 Å². The van der Waals surface area contributed by atoms with Crippen molar-refractivity contribution < 1.29 is 14.0 Å². The van der Waals surface area contributed by atoms with Gasteiger partial charge in [-0.2, -0.15) is 5.10 Å². The third kappa shape index (κ3) is 4.42. The van der Waals surface area contributed by atoms with Crippen LogP contribution in [0.5, 0.6) is 0 Å². The Hall–Kier alpha value is -3.09. The molecule has 1 aromatic heterocycles. The van der Waals surface area contributed by atoms with E-state index in [2.05, 4.69) is 15.8 Å². The monoisotopic (exact) mass is 469 g/mol. The number of fused-ring (bicyclic) bond motifs is 1. The van der Waals surface area contributed by atoms with Crippen molar-refractivity contribution in [1.82, 2.24) is 5.43 Å². The van der Waals surface area contributed by atoms with E-state index < -0.39 is 5.91 Å². The topological polar surface area (TPSA) is 83.7 Å². The van der Waals surface area contributed by atoms with E-state index in [1.54, 1.807) is 37.3 Å². The van der Waals surface area contributed by atoms with E-state index in [1.807, 2.05) is 19.1 Å². The van der Waals surface area contributed by atoms with Crippen LogP contribution in [0.4, 0.5) is 5.69 Å². The van der Waals surface area contributed by atoms with Crippen LogP contribution in [-0.2, 0) is 6.42 Å². The number of hydrazone groups is 1. The molecule has 0 bridgehead atoms. The predicted molar refractivity (Wildman–Crippen MR) is 126 cm³/mol. The molecule has 1 aliphatic carbocycles. The largest absolute Gasteiger partial charge is 0.455 e. The lowest BCUT2D eigenvalue weighted by Crippen LogP contribution is -2.22. The highest BCUT2D eigenvalue weighted by atomic mass is 35.5. The van der Waals surface area contributed by atoms with E-state index in [0.29, 0.717) is 46.2 Å². The lowest BCUT2D eigenvalue weighted by atomic mass is 9.93. The highest BCUT2D eigenvalue weighted by Crippen LogP contribution is 2.32. The Bertz CT molecular complexity index is 1230. The summed E-state index contributed by atoms with van der Waals surface area (Å²) in [5, 5.41) is 7.71. The molecule has 0 spiro atoms. The highest BCUT2D eigenvalue weighted by Gasteiger charge is 2.28. The number of amides is 2. The second kappa shape index (κ2) is 9.18. The molecule has 0 saturated carbocycles. The highest BCUT2D eigenvalue weighted by molar-refractivity contribution is 6.44. The molecule has 6 nitrogen and oxygen atoms in total. The minimum Gasteiger partial charge on any atom is -0.455 e. The van der Waals surface area contributed by atoms with Gasteiger partial charge in [-0.25, -0.2) is 5.43 Å². The Kier molecular flexibility index (Phi) is 6.35. The number of carbonyl (C=O) groups is 2. The molecule has 2 amide bonds. The molecule has 0 fully saturated rings. The van der Waals surface area contributed by atoms with E-state index in [4.69, 9.17) is 27.6 Å². The number of nitrogens with one attached hydrogen (secondary N) is 2. The standard InChI is InChI=1S/C24H21Cl2N3O3/c1-13-9-11-15(12-10-13)23(30)29-28-17-6-4-8-19-20(17)14(2)22(32-19)24(31)27-18-7-3-5-16(25)21(18)26/h3,5,7,9-12H,4,6,8H2,1-2H3,(H,27,31)(H,29,30)/b28-17+. The minimum absolute atomic E-state index is 0.186. The minimum atomic E-state index is -0.427. The first-order valence-electron chi connectivity index (χ1n) is 10.2. The fourth-order valence-electron chi connectivity index (χ4n) is 3.66. The number of hydrogen-bond acceptors (Lipinski definition) is 4. The molecule has 4 rings (SSSR count). The second-order valence-corrected chi connectivity index (χ2v) is 8.41. The van der Waals surface area contributed by atoms with E-state index in [9.17, 15) is 9.59 Å². The van der Waals surface area contributed by atoms with Gasteiger partial charge in [-0.1, -0.05) is 47.0 Å². The third-order valence-electron chi connectivity index (χ3n) is 5.34. The number of rotatable bonds is 4. The Morgan fingerprint density at radius 1 is 1.00 bits per heavy atom.